The van der Waals surface area contributed by atoms with E-state index in [0.717, 1.165) is 5.69 Å². The van der Waals surface area contributed by atoms with Crippen LogP contribution in [-0.2, 0) is 6.54 Å². The first-order chi connectivity index (χ1) is 12.9. The third-order valence-corrected chi connectivity index (χ3v) is 3.42. The third-order valence-electron chi connectivity index (χ3n) is 3.42. The van der Waals surface area contributed by atoms with E-state index in [1.807, 2.05) is 30.3 Å². The zero-order valence-corrected chi connectivity index (χ0v) is 16.6. The molecule has 3 rings (SSSR count). The van der Waals surface area contributed by atoms with E-state index in [0.29, 0.717) is 5.82 Å². The number of aromatic nitrogens is 3. The van der Waals surface area contributed by atoms with Gasteiger partial charge in [-0.2, -0.15) is 0 Å². The average Bonchev–Trinajstić information content (AvgIpc) is 3.10. The molecule has 0 unspecified atom stereocenters. The molecule has 0 atom stereocenters. The summed E-state index contributed by atoms with van der Waals surface area (Å²) in [6.45, 7) is 0.0794. The van der Waals surface area contributed by atoms with Gasteiger partial charge in [-0.1, -0.05) is 30.3 Å². The van der Waals surface area contributed by atoms with E-state index in [1.165, 1.54) is 24.5 Å². The van der Waals surface area contributed by atoms with Gasteiger partial charge in [0.25, 0.3) is 0 Å². The van der Waals surface area contributed by atoms with Crippen molar-refractivity contribution in [2.24, 2.45) is 10.7 Å². The molecule has 0 radical (unpaired) electrons. The molecule has 0 saturated carbocycles. The van der Waals surface area contributed by atoms with Crippen LogP contribution in [0.25, 0.3) is 5.69 Å². The molecule has 0 spiro atoms. The minimum absolute atomic E-state index is 0. The highest BCUT2D eigenvalue weighted by atomic mass is 127. The largest absolute Gasteiger partial charge is 0.573 e. The number of ether oxygens (including phenoxy) is 1. The standard InChI is InChI=1S/C17H15F3N6O.HI/c18-17(19,20)27-14-9-5-4-8-13(14)24-16(21)22-10-15-25-23-11-26(15)12-6-2-1-3-7-12;/h1-9,11H,10H2,(H3,21,22,24);1H. The van der Waals surface area contributed by atoms with Crippen LogP contribution in [0.4, 0.5) is 18.9 Å². The highest BCUT2D eigenvalue weighted by Gasteiger charge is 2.32. The highest BCUT2D eigenvalue weighted by molar-refractivity contribution is 14.0. The minimum Gasteiger partial charge on any atom is -0.404 e. The van der Waals surface area contributed by atoms with Crippen LogP contribution in [0.1, 0.15) is 5.82 Å². The number of nitrogens with zero attached hydrogens (tertiary/aromatic N) is 4. The van der Waals surface area contributed by atoms with Crippen LogP contribution in [0.5, 0.6) is 5.75 Å². The Morgan fingerprint density at radius 2 is 1.79 bits per heavy atom. The lowest BCUT2D eigenvalue weighted by Gasteiger charge is -2.14. The number of nitrogens with two attached hydrogens (primary N) is 1. The average molecular weight is 504 g/mol. The van der Waals surface area contributed by atoms with Gasteiger partial charge in [0, 0.05) is 5.69 Å². The van der Waals surface area contributed by atoms with Crippen molar-refractivity contribution in [3.8, 4) is 11.4 Å². The Morgan fingerprint density at radius 1 is 1.11 bits per heavy atom. The number of guanidine groups is 1. The zero-order valence-electron chi connectivity index (χ0n) is 14.3. The van der Waals surface area contributed by atoms with Gasteiger partial charge >= 0.3 is 6.36 Å². The van der Waals surface area contributed by atoms with E-state index < -0.39 is 12.1 Å². The van der Waals surface area contributed by atoms with Crippen molar-refractivity contribution in [1.82, 2.24) is 14.8 Å². The number of anilines is 1. The SMILES string of the molecule is I.NC(=NCc1nncn1-c1ccccc1)Nc1ccccc1OC(F)(F)F. The first-order valence-electron chi connectivity index (χ1n) is 7.78. The van der Waals surface area contributed by atoms with E-state index >= 15 is 0 Å². The smallest absolute Gasteiger partial charge is 0.404 e. The predicted octanol–water partition coefficient (Wildman–Crippen LogP) is 3.71. The monoisotopic (exact) mass is 504 g/mol. The van der Waals surface area contributed by atoms with Gasteiger partial charge in [-0.3, -0.25) is 4.57 Å². The summed E-state index contributed by atoms with van der Waals surface area (Å²) < 4.78 is 43.1. The van der Waals surface area contributed by atoms with Crippen molar-refractivity contribution in [3.05, 3.63) is 66.7 Å². The molecular formula is C17H16F3IN6O. The quantitative estimate of drug-likeness (QED) is 0.314. The van der Waals surface area contributed by atoms with Gasteiger partial charge in [-0.05, 0) is 24.3 Å². The number of halogens is 4. The molecule has 0 aliphatic rings. The fraction of sp³-hybridized carbons (Fsp3) is 0.118. The molecule has 7 nitrogen and oxygen atoms in total. The highest BCUT2D eigenvalue weighted by Crippen LogP contribution is 2.29. The molecule has 0 fully saturated rings. The third kappa shape index (κ3) is 5.84. The minimum atomic E-state index is -4.81. The maximum Gasteiger partial charge on any atom is 0.573 e. The van der Waals surface area contributed by atoms with Gasteiger partial charge in [-0.25, -0.2) is 4.99 Å². The van der Waals surface area contributed by atoms with Gasteiger partial charge in [0.05, 0.1) is 5.69 Å². The zero-order chi connectivity index (χ0) is 19.3. The normalized spacial score (nSPS) is 11.6. The number of aliphatic imine (C=N–C) groups is 1. The van der Waals surface area contributed by atoms with Gasteiger partial charge in [-0.15, -0.1) is 47.3 Å². The van der Waals surface area contributed by atoms with E-state index in [1.54, 1.807) is 10.6 Å². The lowest BCUT2D eigenvalue weighted by molar-refractivity contribution is -0.274. The maximum atomic E-state index is 12.5. The molecule has 2 aromatic carbocycles. The molecule has 1 aromatic heterocycles. The molecule has 0 saturated heterocycles. The predicted molar refractivity (Wildman–Crippen MR) is 109 cm³/mol. The summed E-state index contributed by atoms with van der Waals surface area (Å²) in [6.07, 6.45) is -3.27. The fourth-order valence-electron chi connectivity index (χ4n) is 2.29. The van der Waals surface area contributed by atoms with Crippen molar-refractivity contribution in [3.63, 3.8) is 0 Å². The van der Waals surface area contributed by atoms with Crippen LogP contribution < -0.4 is 15.8 Å². The second kappa shape index (κ2) is 9.39. The molecule has 0 aliphatic carbocycles. The Labute approximate surface area is 175 Å². The Balaban J connectivity index is 0.00000280. The van der Waals surface area contributed by atoms with Crippen LogP contribution in [0.3, 0.4) is 0 Å². The molecule has 1 heterocycles. The van der Waals surface area contributed by atoms with Crippen LogP contribution in [0.15, 0.2) is 65.9 Å². The molecule has 28 heavy (non-hydrogen) atoms. The number of alkyl halides is 3. The van der Waals surface area contributed by atoms with Crippen LogP contribution >= 0.6 is 24.0 Å². The molecule has 0 aliphatic heterocycles. The summed E-state index contributed by atoms with van der Waals surface area (Å²) in [5, 5.41) is 10.4. The van der Waals surface area contributed by atoms with Gasteiger partial charge in [0.15, 0.2) is 17.5 Å². The molecule has 0 bridgehead atoms. The number of hydrogen-bond acceptors (Lipinski definition) is 4. The second-order valence-corrected chi connectivity index (χ2v) is 5.32. The fourth-order valence-corrected chi connectivity index (χ4v) is 2.29. The Kier molecular flexibility index (Phi) is 7.20. The summed E-state index contributed by atoms with van der Waals surface area (Å²) in [5.41, 5.74) is 6.68. The molecular weight excluding hydrogens is 488 g/mol. The molecule has 11 heteroatoms. The summed E-state index contributed by atoms with van der Waals surface area (Å²) >= 11 is 0. The maximum absolute atomic E-state index is 12.5. The lowest BCUT2D eigenvalue weighted by atomic mass is 10.3. The van der Waals surface area contributed by atoms with Crippen LogP contribution in [0.2, 0.25) is 0 Å². The first kappa shape index (κ1) is 21.5. The second-order valence-electron chi connectivity index (χ2n) is 5.32. The number of rotatable bonds is 5. The molecule has 148 valence electrons. The van der Waals surface area contributed by atoms with E-state index in [2.05, 4.69) is 25.2 Å². The van der Waals surface area contributed by atoms with Gasteiger partial charge in [0.1, 0.15) is 12.9 Å². The molecule has 3 aromatic rings. The summed E-state index contributed by atoms with van der Waals surface area (Å²) in [6, 6.07) is 14.9. The first-order valence-corrected chi connectivity index (χ1v) is 7.78. The Morgan fingerprint density at radius 3 is 2.50 bits per heavy atom. The Hall–Kier alpha value is -2.83. The van der Waals surface area contributed by atoms with Crippen molar-refractivity contribution in [2.75, 3.05) is 5.32 Å². The van der Waals surface area contributed by atoms with E-state index in [-0.39, 0.29) is 42.2 Å². The van der Waals surface area contributed by atoms with Crippen molar-refractivity contribution >= 4 is 35.6 Å². The molecule has 3 N–H and O–H groups in total. The number of benzene rings is 2. The lowest BCUT2D eigenvalue weighted by Crippen LogP contribution is -2.24. The number of nitrogens with one attached hydrogen (secondary N) is 1. The van der Waals surface area contributed by atoms with Crippen molar-refractivity contribution in [2.45, 2.75) is 12.9 Å². The van der Waals surface area contributed by atoms with Gasteiger partial charge in [0.2, 0.25) is 0 Å². The summed E-state index contributed by atoms with van der Waals surface area (Å²) in [4.78, 5) is 4.11. The van der Waals surface area contributed by atoms with Crippen LogP contribution in [-0.4, -0.2) is 27.1 Å². The molecule has 0 amide bonds. The summed E-state index contributed by atoms with van der Waals surface area (Å²) in [7, 11) is 0. The van der Waals surface area contributed by atoms with Crippen molar-refractivity contribution < 1.29 is 17.9 Å². The van der Waals surface area contributed by atoms with Crippen LogP contribution in [0, 0.1) is 0 Å². The Bertz CT molecular complexity index is 930. The summed E-state index contributed by atoms with van der Waals surface area (Å²) in [5.74, 6) is 0.0252. The van der Waals surface area contributed by atoms with Gasteiger partial charge < -0.3 is 15.8 Å². The number of para-hydroxylation sites is 3. The topological polar surface area (TPSA) is 90.4 Å². The van der Waals surface area contributed by atoms with E-state index in [9.17, 15) is 13.2 Å². The van der Waals surface area contributed by atoms with Crippen molar-refractivity contribution in [1.29, 1.82) is 0 Å². The number of hydrogen-bond donors (Lipinski definition) is 2. The van der Waals surface area contributed by atoms with E-state index in [4.69, 9.17) is 5.73 Å².